The highest BCUT2D eigenvalue weighted by Crippen LogP contribution is 2.10. The highest BCUT2D eigenvalue weighted by Gasteiger charge is 2.22. The van der Waals surface area contributed by atoms with Crippen molar-refractivity contribution in [1.29, 1.82) is 0 Å². The van der Waals surface area contributed by atoms with Gasteiger partial charge >= 0.3 is 0 Å². The van der Waals surface area contributed by atoms with Crippen LogP contribution in [0.1, 0.15) is 5.56 Å². The van der Waals surface area contributed by atoms with E-state index < -0.39 is 0 Å². The minimum atomic E-state index is 0.251. The fraction of sp³-hybridized carbons (Fsp3) is 0.462. The van der Waals surface area contributed by atoms with E-state index in [0.29, 0.717) is 6.54 Å². The summed E-state index contributed by atoms with van der Waals surface area (Å²) >= 11 is 1.70. The van der Waals surface area contributed by atoms with Crippen LogP contribution in [0.2, 0.25) is 0 Å². The van der Waals surface area contributed by atoms with E-state index in [1.807, 2.05) is 29.4 Å². The van der Waals surface area contributed by atoms with Gasteiger partial charge < -0.3 is 4.90 Å². The molecule has 3 nitrogen and oxygen atoms in total. The molecule has 0 unspecified atom stereocenters. The van der Waals surface area contributed by atoms with Gasteiger partial charge in [0.1, 0.15) is 0 Å². The lowest BCUT2D eigenvalue weighted by atomic mass is 10.2. The first-order chi connectivity index (χ1) is 8.29. The van der Waals surface area contributed by atoms with E-state index in [-0.39, 0.29) is 5.91 Å². The maximum atomic E-state index is 11.9. The van der Waals surface area contributed by atoms with E-state index in [1.165, 1.54) is 5.56 Å². The van der Waals surface area contributed by atoms with Gasteiger partial charge in [-0.25, -0.2) is 0 Å². The number of nitrogens with zero attached hydrogens (tertiary/aromatic N) is 2. The van der Waals surface area contributed by atoms with Crippen LogP contribution in [-0.2, 0) is 11.3 Å². The minimum absolute atomic E-state index is 0.251. The Hall–Kier alpha value is -1.00. The van der Waals surface area contributed by atoms with Crippen molar-refractivity contribution in [3.63, 3.8) is 0 Å². The van der Waals surface area contributed by atoms with E-state index >= 15 is 0 Å². The van der Waals surface area contributed by atoms with Crippen molar-refractivity contribution in [3.8, 4) is 0 Å². The van der Waals surface area contributed by atoms with Crippen LogP contribution < -0.4 is 0 Å². The molecule has 0 N–H and O–H groups in total. The molecule has 4 heteroatoms. The Morgan fingerprint density at radius 2 is 2.00 bits per heavy atom. The third kappa shape index (κ3) is 3.48. The summed E-state index contributed by atoms with van der Waals surface area (Å²) in [5, 5.41) is 0. The molecule has 1 fully saturated rings. The summed E-state index contributed by atoms with van der Waals surface area (Å²) in [6, 6.07) is 10.3. The normalized spacial score (nSPS) is 17.5. The Morgan fingerprint density at radius 3 is 2.65 bits per heavy atom. The number of carbonyl (C=O) groups is 1. The summed E-state index contributed by atoms with van der Waals surface area (Å²) in [6.07, 6.45) is 2.03. The van der Waals surface area contributed by atoms with Crippen LogP contribution in [-0.4, -0.2) is 47.5 Å². The molecule has 92 valence electrons. The van der Waals surface area contributed by atoms with Crippen LogP contribution in [0.4, 0.5) is 0 Å². The molecule has 17 heavy (non-hydrogen) atoms. The largest absolute Gasteiger partial charge is 0.331 e. The van der Waals surface area contributed by atoms with Gasteiger partial charge in [-0.1, -0.05) is 30.3 Å². The summed E-state index contributed by atoms with van der Waals surface area (Å²) < 4.78 is 0. The molecular formula is C13H18N2OS. The molecule has 1 heterocycles. The van der Waals surface area contributed by atoms with Crippen molar-refractivity contribution < 1.29 is 4.79 Å². The van der Waals surface area contributed by atoms with Gasteiger partial charge in [-0.15, -0.1) is 11.8 Å². The molecule has 1 aliphatic heterocycles. The lowest BCUT2D eigenvalue weighted by Gasteiger charge is -2.33. The molecule has 0 aliphatic carbocycles. The van der Waals surface area contributed by atoms with E-state index in [2.05, 4.69) is 17.0 Å². The fourth-order valence-corrected chi connectivity index (χ4v) is 2.61. The van der Waals surface area contributed by atoms with Crippen LogP contribution in [0.5, 0.6) is 0 Å². The van der Waals surface area contributed by atoms with Crippen molar-refractivity contribution in [1.82, 2.24) is 9.80 Å². The third-order valence-corrected chi connectivity index (χ3v) is 3.50. The highest BCUT2D eigenvalue weighted by atomic mass is 32.2. The van der Waals surface area contributed by atoms with Crippen LogP contribution in [0.3, 0.4) is 0 Å². The first-order valence-electron chi connectivity index (χ1n) is 5.82. The van der Waals surface area contributed by atoms with E-state index in [4.69, 9.17) is 0 Å². The number of hydrogen-bond donors (Lipinski definition) is 0. The maximum Gasteiger partial charge on any atom is 0.237 e. The van der Waals surface area contributed by atoms with E-state index in [9.17, 15) is 4.79 Å². The first-order valence-corrected chi connectivity index (χ1v) is 7.22. The van der Waals surface area contributed by atoms with Gasteiger partial charge in [0.05, 0.1) is 12.4 Å². The molecule has 1 aromatic carbocycles. The Labute approximate surface area is 107 Å². The number of hydrogen-bond acceptors (Lipinski definition) is 3. The molecule has 0 bridgehead atoms. The average molecular weight is 250 g/mol. The van der Waals surface area contributed by atoms with Gasteiger partial charge in [-0.3, -0.25) is 9.69 Å². The van der Waals surface area contributed by atoms with Crippen molar-refractivity contribution in [2.75, 3.05) is 31.8 Å². The number of piperazine rings is 1. The molecule has 0 spiro atoms. The van der Waals surface area contributed by atoms with Crippen LogP contribution >= 0.6 is 11.8 Å². The molecule has 1 amide bonds. The summed E-state index contributed by atoms with van der Waals surface area (Å²) in [5.74, 6) is 1.07. The fourth-order valence-electron chi connectivity index (χ4n) is 2.03. The molecular weight excluding hydrogens is 232 g/mol. The Balaban J connectivity index is 1.87. The molecule has 0 atom stereocenters. The van der Waals surface area contributed by atoms with E-state index in [1.54, 1.807) is 11.8 Å². The maximum absolute atomic E-state index is 11.9. The van der Waals surface area contributed by atoms with Crippen molar-refractivity contribution in [2.24, 2.45) is 0 Å². The van der Waals surface area contributed by atoms with Gasteiger partial charge in [-0.05, 0) is 11.8 Å². The van der Waals surface area contributed by atoms with Crippen LogP contribution in [0.25, 0.3) is 0 Å². The van der Waals surface area contributed by atoms with Gasteiger partial charge in [0.2, 0.25) is 5.91 Å². The lowest BCUT2D eigenvalue weighted by molar-refractivity contribution is -0.135. The minimum Gasteiger partial charge on any atom is -0.331 e. The summed E-state index contributed by atoms with van der Waals surface area (Å²) in [4.78, 5) is 16.0. The molecule has 2 rings (SSSR count). The van der Waals surface area contributed by atoms with Gasteiger partial charge in [0.15, 0.2) is 0 Å². The molecule has 1 saturated heterocycles. The number of rotatable bonds is 4. The molecule has 0 radical (unpaired) electrons. The predicted octanol–water partition coefficient (Wildman–Crippen LogP) is 1.65. The standard InChI is InChI=1S/C13H18N2OS/c1-17-11-15-8-7-14(10-13(15)16)9-12-5-3-2-4-6-12/h2-6H,7-11H2,1H3. The van der Waals surface area contributed by atoms with Crippen LogP contribution in [0.15, 0.2) is 30.3 Å². The van der Waals surface area contributed by atoms with E-state index in [0.717, 1.165) is 25.5 Å². The first kappa shape index (κ1) is 12.5. The second kappa shape index (κ2) is 6.07. The van der Waals surface area contributed by atoms with Crippen molar-refractivity contribution in [2.45, 2.75) is 6.54 Å². The molecule has 0 saturated carbocycles. The topological polar surface area (TPSA) is 23.6 Å². The van der Waals surface area contributed by atoms with Crippen LogP contribution in [0, 0.1) is 0 Å². The predicted molar refractivity (Wildman–Crippen MR) is 71.8 cm³/mol. The Bertz CT molecular complexity index is 369. The Morgan fingerprint density at radius 1 is 1.24 bits per heavy atom. The zero-order chi connectivity index (χ0) is 12.1. The van der Waals surface area contributed by atoms with Gasteiger partial charge in [0.25, 0.3) is 0 Å². The summed E-state index contributed by atoms with van der Waals surface area (Å²) in [6.45, 7) is 3.25. The van der Waals surface area contributed by atoms with Gasteiger partial charge in [-0.2, -0.15) is 0 Å². The third-order valence-electron chi connectivity index (χ3n) is 2.93. The van der Waals surface area contributed by atoms with Gasteiger partial charge in [0, 0.05) is 19.6 Å². The summed E-state index contributed by atoms with van der Waals surface area (Å²) in [5.41, 5.74) is 1.28. The monoisotopic (exact) mass is 250 g/mol. The van der Waals surface area contributed by atoms with Crippen molar-refractivity contribution >= 4 is 17.7 Å². The number of thioether (sulfide) groups is 1. The SMILES string of the molecule is CSCN1CCN(Cc2ccccc2)CC1=O. The lowest BCUT2D eigenvalue weighted by Crippen LogP contribution is -2.49. The number of amides is 1. The second-order valence-corrected chi connectivity index (χ2v) is 5.11. The number of carbonyl (C=O) groups excluding carboxylic acids is 1. The zero-order valence-electron chi connectivity index (χ0n) is 10.1. The second-order valence-electron chi connectivity index (χ2n) is 4.27. The highest BCUT2D eigenvalue weighted by molar-refractivity contribution is 7.98. The molecule has 0 aromatic heterocycles. The molecule has 1 aliphatic rings. The van der Waals surface area contributed by atoms with Crippen molar-refractivity contribution in [3.05, 3.63) is 35.9 Å². The zero-order valence-corrected chi connectivity index (χ0v) is 10.9. The Kier molecular flexibility index (Phi) is 4.45. The number of benzene rings is 1. The quantitative estimate of drug-likeness (QED) is 0.812. The summed E-state index contributed by atoms with van der Waals surface area (Å²) in [7, 11) is 0. The molecule has 1 aromatic rings. The smallest absolute Gasteiger partial charge is 0.237 e. The average Bonchev–Trinajstić information content (AvgIpc) is 2.34.